The first-order chi connectivity index (χ1) is 6.18. The Morgan fingerprint density at radius 3 is 2.92 bits per heavy atom. The van der Waals surface area contributed by atoms with Crippen LogP contribution in [0.2, 0.25) is 0 Å². The van der Waals surface area contributed by atoms with E-state index < -0.39 is 0 Å². The van der Waals surface area contributed by atoms with E-state index in [1.165, 1.54) is 4.88 Å². The van der Waals surface area contributed by atoms with Crippen LogP contribution in [-0.4, -0.2) is 24.3 Å². The Kier molecular flexibility index (Phi) is 4.12. The van der Waals surface area contributed by atoms with Crippen LogP contribution in [0.15, 0.2) is 17.5 Å². The van der Waals surface area contributed by atoms with Gasteiger partial charge in [0, 0.05) is 24.4 Å². The largest absolute Gasteiger partial charge is 0.301 e. The number of Topliss-reactive ketones (excluding diaryl/α,β-unsaturated/α-hetero) is 1. The van der Waals surface area contributed by atoms with Crippen molar-refractivity contribution in [2.24, 2.45) is 0 Å². The Balaban J connectivity index is 2.25. The Morgan fingerprint density at radius 2 is 2.38 bits per heavy atom. The lowest BCUT2D eigenvalue weighted by Crippen LogP contribution is -2.20. The first-order valence-corrected chi connectivity index (χ1v) is 5.27. The molecule has 0 saturated carbocycles. The van der Waals surface area contributed by atoms with Gasteiger partial charge in [0.15, 0.2) is 0 Å². The molecule has 0 aliphatic carbocycles. The number of nitrogens with zero attached hydrogens (tertiary/aromatic N) is 1. The molecule has 0 fully saturated rings. The summed E-state index contributed by atoms with van der Waals surface area (Å²) in [5.74, 6) is 0.262. The molecule has 0 saturated heterocycles. The first-order valence-electron chi connectivity index (χ1n) is 4.39. The lowest BCUT2D eigenvalue weighted by molar-refractivity contribution is -0.117. The van der Waals surface area contributed by atoms with Gasteiger partial charge >= 0.3 is 0 Å². The van der Waals surface area contributed by atoms with Gasteiger partial charge in [-0.25, -0.2) is 0 Å². The zero-order valence-electron chi connectivity index (χ0n) is 8.12. The van der Waals surface area contributed by atoms with Crippen molar-refractivity contribution in [1.82, 2.24) is 4.90 Å². The van der Waals surface area contributed by atoms with Crippen LogP contribution < -0.4 is 0 Å². The van der Waals surface area contributed by atoms with Gasteiger partial charge in [-0.3, -0.25) is 4.79 Å². The SMILES string of the molecule is CC(=O)CCN(C)Cc1cccs1. The summed E-state index contributed by atoms with van der Waals surface area (Å²) in [5, 5.41) is 2.08. The Morgan fingerprint density at radius 1 is 1.62 bits per heavy atom. The second kappa shape index (κ2) is 5.14. The van der Waals surface area contributed by atoms with Gasteiger partial charge in [0.25, 0.3) is 0 Å². The molecular formula is C10H15NOS. The molecule has 13 heavy (non-hydrogen) atoms. The maximum atomic E-state index is 10.7. The third kappa shape index (κ3) is 4.20. The molecule has 0 amide bonds. The second-order valence-electron chi connectivity index (χ2n) is 3.27. The highest BCUT2D eigenvalue weighted by atomic mass is 32.1. The van der Waals surface area contributed by atoms with E-state index in [4.69, 9.17) is 0 Å². The standard InChI is InChI=1S/C10H15NOS/c1-9(12)5-6-11(2)8-10-4-3-7-13-10/h3-4,7H,5-6,8H2,1-2H3. The van der Waals surface area contributed by atoms with Crippen LogP contribution in [0, 0.1) is 0 Å². The maximum absolute atomic E-state index is 10.7. The topological polar surface area (TPSA) is 20.3 Å². The smallest absolute Gasteiger partial charge is 0.131 e. The quantitative estimate of drug-likeness (QED) is 0.721. The van der Waals surface area contributed by atoms with Crippen molar-refractivity contribution in [1.29, 1.82) is 0 Å². The van der Waals surface area contributed by atoms with E-state index in [2.05, 4.69) is 22.4 Å². The van der Waals surface area contributed by atoms with Crippen molar-refractivity contribution < 1.29 is 4.79 Å². The fraction of sp³-hybridized carbons (Fsp3) is 0.500. The van der Waals surface area contributed by atoms with Crippen molar-refractivity contribution in [2.75, 3.05) is 13.6 Å². The number of hydrogen-bond acceptors (Lipinski definition) is 3. The molecular weight excluding hydrogens is 182 g/mol. The molecule has 0 aromatic carbocycles. The van der Waals surface area contributed by atoms with Crippen molar-refractivity contribution >= 4 is 17.1 Å². The summed E-state index contributed by atoms with van der Waals surface area (Å²) >= 11 is 1.76. The zero-order valence-corrected chi connectivity index (χ0v) is 8.93. The van der Waals surface area contributed by atoms with Crippen molar-refractivity contribution in [2.45, 2.75) is 19.9 Å². The number of ketones is 1. The van der Waals surface area contributed by atoms with Crippen molar-refractivity contribution in [3.05, 3.63) is 22.4 Å². The average molecular weight is 197 g/mol. The van der Waals surface area contributed by atoms with Crippen LogP contribution in [0.3, 0.4) is 0 Å². The van der Waals surface area contributed by atoms with E-state index in [9.17, 15) is 4.79 Å². The maximum Gasteiger partial charge on any atom is 0.131 e. The Labute approximate surface area is 83.2 Å². The van der Waals surface area contributed by atoms with E-state index in [0.717, 1.165) is 13.1 Å². The predicted octanol–water partition coefficient (Wildman–Crippen LogP) is 2.16. The Bertz CT molecular complexity index is 256. The third-order valence-electron chi connectivity index (χ3n) is 1.85. The summed E-state index contributed by atoms with van der Waals surface area (Å²) in [6, 6.07) is 4.17. The third-order valence-corrected chi connectivity index (χ3v) is 2.71. The highest BCUT2D eigenvalue weighted by Gasteiger charge is 2.01. The van der Waals surface area contributed by atoms with Crippen molar-refractivity contribution in [3.8, 4) is 0 Å². The molecule has 0 spiro atoms. The molecule has 0 N–H and O–H groups in total. The van der Waals surface area contributed by atoms with Gasteiger partial charge in [-0.1, -0.05) is 6.07 Å². The van der Waals surface area contributed by atoms with Gasteiger partial charge in [0.1, 0.15) is 5.78 Å². The Hall–Kier alpha value is -0.670. The predicted molar refractivity (Wildman–Crippen MR) is 56.0 cm³/mol. The van der Waals surface area contributed by atoms with Gasteiger partial charge < -0.3 is 4.90 Å². The molecule has 1 heterocycles. The monoisotopic (exact) mass is 197 g/mol. The normalized spacial score (nSPS) is 10.7. The minimum atomic E-state index is 0.262. The van der Waals surface area contributed by atoms with E-state index in [1.807, 2.05) is 7.05 Å². The molecule has 1 aromatic heterocycles. The van der Waals surface area contributed by atoms with Crippen LogP contribution >= 0.6 is 11.3 Å². The molecule has 0 unspecified atom stereocenters. The van der Waals surface area contributed by atoms with Gasteiger partial charge in [-0.15, -0.1) is 11.3 Å². The van der Waals surface area contributed by atoms with Crippen LogP contribution in [0.1, 0.15) is 18.2 Å². The van der Waals surface area contributed by atoms with Gasteiger partial charge in [-0.2, -0.15) is 0 Å². The summed E-state index contributed by atoms with van der Waals surface area (Å²) in [5.41, 5.74) is 0. The number of carbonyl (C=O) groups excluding carboxylic acids is 1. The summed E-state index contributed by atoms with van der Waals surface area (Å²) in [6.45, 7) is 3.44. The van der Waals surface area contributed by atoms with Gasteiger partial charge in [0.05, 0.1) is 0 Å². The zero-order chi connectivity index (χ0) is 9.68. The second-order valence-corrected chi connectivity index (χ2v) is 4.30. The summed E-state index contributed by atoms with van der Waals surface area (Å²) < 4.78 is 0. The van der Waals surface area contributed by atoms with E-state index in [0.29, 0.717) is 6.42 Å². The molecule has 0 bridgehead atoms. The lowest BCUT2D eigenvalue weighted by Gasteiger charge is -2.13. The molecule has 0 radical (unpaired) electrons. The van der Waals surface area contributed by atoms with E-state index >= 15 is 0 Å². The van der Waals surface area contributed by atoms with Crippen LogP contribution in [0.25, 0.3) is 0 Å². The first kappa shape index (κ1) is 10.4. The van der Waals surface area contributed by atoms with Gasteiger partial charge in [-0.05, 0) is 25.4 Å². The summed E-state index contributed by atoms with van der Waals surface area (Å²) in [6.07, 6.45) is 0.655. The van der Waals surface area contributed by atoms with Gasteiger partial charge in [0.2, 0.25) is 0 Å². The average Bonchev–Trinajstić information content (AvgIpc) is 2.53. The molecule has 0 aliphatic heterocycles. The van der Waals surface area contributed by atoms with E-state index in [1.54, 1.807) is 18.3 Å². The van der Waals surface area contributed by atoms with Crippen LogP contribution in [-0.2, 0) is 11.3 Å². The summed E-state index contributed by atoms with van der Waals surface area (Å²) in [7, 11) is 2.04. The minimum Gasteiger partial charge on any atom is -0.301 e. The van der Waals surface area contributed by atoms with E-state index in [-0.39, 0.29) is 5.78 Å². The summed E-state index contributed by atoms with van der Waals surface area (Å²) in [4.78, 5) is 14.3. The van der Waals surface area contributed by atoms with Crippen LogP contribution in [0.5, 0.6) is 0 Å². The molecule has 1 rings (SSSR count). The number of rotatable bonds is 5. The number of carbonyl (C=O) groups is 1. The fourth-order valence-electron chi connectivity index (χ4n) is 1.10. The molecule has 1 aromatic rings. The molecule has 72 valence electrons. The molecule has 0 atom stereocenters. The number of thiophene rings is 1. The highest BCUT2D eigenvalue weighted by molar-refractivity contribution is 7.09. The molecule has 0 aliphatic rings. The molecule has 3 heteroatoms. The number of hydrogen-bond donors (Lipinski definition) is 0. The fourth-order valence-corrected chi connectivity index (χ4v) is 1.88. The highest BCUT2D eigenvalue weighted by Crippen LogP contribution is 2.10. The molecule has 2 nitrogen and oxygen atoms in total. The minimum absolute atomic E-state index is 0.262. The van der Waals surface area contributed by atoms with Crippen molar-refractivity contribution in [3.63, 3.8) is 0 Å². The van der Waals surface area contributed by atoms with Crippen LogP contribution in [0.4, 0.5) is 0 Å². The lowest BCUT2D eigenvalue weighted by atomic mass is 10.3.